The molecular weight excluding hydrogens is 196 g/mol. The van der Waals surface area contributed by atoms with Crippen LogP contribution in [-0.4, -0.2) is 26.0 Å². The lowest BCUT2D eigenvalue weighted by Crippen LogP contribution is -2.44. The lowest BCUT2D eigenvalue weighted by atomic mass is 9.93. The molecule has 0 aliphatic rings. The quantitative estimate of drug-likeness (QED) is 0.196. The molecule has 8 heteroatoms. The molecule has 0 unspecified atom stereocenters. The topological polar surface area (TPSA) is 131 Å². The van der Waals surface area contributed by atoms with Gasteiger partial charge in [-0.2, -0.15) is 8.42 Å². The molecule has 0 radical (unpaired) electrons. The Morgan fingerprint density at radius 2 is 2.08 bits per heavy atom. The molecule has 78 valence electrons. The normalized spacial score (nSPS) is 14.5. The SMILES string of the molecule is CC(C)(CNS(N)(=O)=O)C(N)=NO. The van der Waals surface area contributed by atoms with Gasteiger partial charge in [-0.1, -0.05) is 19.0 Å². The monoisotopic (exact) mass is 210 g/mol. The van der Waals surface area contributed by atoms with Crippen LogP contribution in [0.5, 0.6) is 0 Å². The predicted molar refractivity (Wildman–Crippen MR) is 48.3 cm³/mol. The van der Waals surface area contributed by atoms with Crippen LogP contribution in [0.3, 0.4) is 0 Å². The number of hydrogen-bond donors (Lipinski definition) is 4. The van der Waals surface area contributed by atoms with Crippen molar-refractivity contribution in [1.82, 2.24) is 4.72 Å². The van der Waals surface area contributed by atoms with E-state index in [1.54, 1.807) is 13.8 Å². The van der Waals surface area contributed by atoms with Crippen LogP contribution < -0.4 is 15.6 Å². The van der Waals surface area contributed by atoms with Crippen molar-refractivity contribution in [3.05, 3.63) is 0 Å². The number of nitrogens with zero attached hydrogens (tertiary/aromatic N) is 1. The van der Waals surface area contributed by atoms with Crippen LogP contribution in [0.4, 0.5) is 0 Å². The first kappa shape index (κ1) is 12.1. The Labute approximate surface area is 77.0 Å². The fourth-order valence-electron chi connectivity index (χ4n) is 0.507. The summed E-state index contributed by atoms with van der Waals surface area (Å²) >= 11 is 0. The maximum atomic E-state index is 10.5. The van der Waals surface area contributed by atoms with Crippen molar-refractivity contribution in [1.29, 1.82) is 0 Å². The predicted octanol–water partition coefficient (Wildman–Crippen LogP) is -1.45. The van der Waals surface area contributed by atoms with Gasteiger partial charge in [-0.25, -0.2) is 9.86 Å². The van der Waals surface area contributed by atoms with E-state index in [-0.39, 0.29) is 12.4 Å². The molecule has 0 amide bonds. The fourth-order valence-corrected chi connectivity index (χ4v) is 1.07. The largest absolute Gasteiger partial charge is 0.409 e. The van der Waals surface area contributed by atoms with Crippen molar-refractivity contribution in [2.75, 3.05) is 6.54 Å². The molecule has 0 bridgehead atoms. The first-order chi connectivity index (χ1) is 5.69. The van der Waals surface area contributed by atoms with Gasteiger partial charge in [0.05, 0.1) is 0 Å². The fraction of sp³-hybridized carbons (Fsp3) is 0.800. The van der Waals surface area contributed by atoms with Crippen molar-refractivity contribution >= 4 is 16.0 Å². The van der Waals surface area contributed by atoms with Gasteiger partial charge in [0.1, 0.15) is 5.84 Å². The molecule has 7 nitrogen and oxygen atoms in total. The van der Waals surface area contributed by atoms with E-state index in [0.29, 0.717) is 0 Å². The summed E-state index contributed by atoms with van der Waals surface area (Å²) in [7, 11) is -3.74. The van der Waals surface area contributed by atoms with Crippen molar-refractivity contribution in [2.24, 2.45) is 21.4 Å². The second-order valence-electron chi connectivity index (χ2n) is 3.24. The summed E-state index contributed by atoms with van der Waals surface area (Å²) in [5, 5.41) is 15.8. The molecular formula is C5H14N4O3S. The van der Waals surface area contributed by atoms with E-state index in [1.807, 2.05) is 0 Å². The van der Waals surface area contributed by atoms with E-state index in [1.165, 1.54) is 0 Å². The number of rotatable bonds is 4. The molecule has 13 heavy (non-hydrogen) atoms. The highest BCUT2D eigenvalue weighted by atomic mass is 32.2. The average molecular weight is 210 g/mol. The van der Waals surface area contributed by atoms with Crippen LogP contribution in [0.25, 0.3) is 0 Å². The summed E-state index contributed by atoms with van der Waals surface area (Å²) in [6.45, 7) is 3.20. The standard InChI is InChI=1S/C5H14N4O3S/c1-5(2,4(6)9-10)3-8-13(7,11)12/h8,10H,3H2,1-2H3,(H2,6,9)(H2,7,11,12). The van der Waals surface area contributed by atoms with E-state index in [0.717, 1.165) is 0 Å². The number of hydrogen-bond acceptors (Lipinski definition) is 4. The summed E-state index contributed by atoms with van der Waals surface area (Å²) in [4.78, 5) is 0. The lowest BCUT2D eigenvalue weighted by molar-refractivity contribution is 0.307. The van der Waals surface area contributed by atoms with Crippen LogP contribution in [0.1, 0.15) is 13.8 Å². The number of amidine groups is 1. The van der Waals surface area contributed by atoms with Gasteiger partial charge in [0, 0.05) is 12.0 Å². The van der Waals surface area contributed by atoms with E-state index in [4.69, 9.17) is 16.1 Å². The highest BCUT2D eigenvalue weighted by Crippen LogP contribution is 2.13. The Bertz CT molecular complexity index is 295. The summed E-state index contributed by atoms with van der Waals surface area (Å²) in [5.41, 5.74) is 4.53. The molecule has 6 N–H and O–H groups in total. The van der Waals surface area contributed by atoms with Crippen LogP contribution in [0.15, 0.2) is 5.16 Å². The van der Waals surface area contributed by atoms with E-state index >= 15 is 0 Å². The van der Waals surface area contributed by atoms with Crippen molar-refractivity contribution < 1.29 is 13.6 Å². The number of nitrogens with two attached hydrogens (primary N) is 2. The molecule has 0 aromatic heterocycles. The summed E-state index contributed by atoms with van der Waals surface area (Å²) in [5.74, 6) is -0.0661. The third-order valence-electron chi connectivity index (χ3n) is 1.52. The van der Waals surface area contributed by atoms with Gasteiger partial charge in [-0.3, -0.25) is 0 Å². The minimum Gasteiger partial charge on any atom is -0.409 e. The molecule has 0 saturated carbocycles. The van der Waals surface area contributed by atoms with E-state index in [2.05, 4.69) is 9.88 Å². The maximum absolute atomic E-state index is 10.5. The van der Waals surface area contributed by atoms with Gasteiger partial charge in [-0.05, 0) is 0 Å². The average Bonchev–Trinajstić information content (AvgIpc) is 1.98. The summed E-state index contributed by atoms with van der Waals surface area (Å²) in [6.07, 6.45) is 0. The highest BCUT2D eigenvalue weighted by molar-refractivity contribution is 7.87. The Morgan fingerprint density at radius 3 is 2.38 bits per heavy atom. The minimum atomic E-state index is -3.74. The second kappa shape index (κ2) is 3.90. The van der Waals surface area contributed by atoms with E-state index in [9.17, 15) is 8.42 Å². The highest BCUT2D eigenvalue weighted by Gasteiger charge is 2.24. The Morgan fingerprint density at radius 1 is 1.62 bits per heavy atom. The van der Waals surface area contributed by atoms with Gasteiger partial charge in [-0.15, -0.1) is 0 Å². The molecule has 0 atom stereocenters. The molecule has 0 aliphatic carbocycles. The molecule has 0 spiro atoms. The molecule has 0 heterocycles. The third-order valence-corrected chi connectivity index (χ3v) is 2.06. The Kier molecular flexibility index (Phi) is 3.64. The molecule has 0 aromatic rings. The van der Waals surface area contributed by atoms with E-state index < -0.39 is 15.6 Å². The van der Waals surface area contributed by atoms with Crippen LogP contribution in [0, 0.1) is 5.41 Å². The first-order valence-electron chi connectivity index (χ1n) is 3.44. The molecule has 0 rings (SSSR count). The molecule has 0 aliphatic heterocycles. The third kappa shape index (κ3) is 4.65. The zero-order valence-electron chi connectivity index (χ0n) is 7.48. The van der Waals surface area contributed by atoms with Gasteiger partial charge < -0.3 is 10.9 Å². The maximum Gasteiger partial charge on any atom is 0.274 e. The zero-order chi connectivity index (χ0) is 10.7. The van der Waals surface area contributed by atoms with Crippen molar-refractivity contribution in [3.8, 4) is 0 Å². The van der Waals surface area contributed by atoms with Gasteiger partial charge in [0.25, 0.3) is 10.2 Å². The Hall–Kier alpha value is -0.860. The van der Waals surface area contributed by atoms with Crippen molar-refractivity contribution in [2.45, 2.75) is 13.8 Å². The number of oxime groups is 1. The van der Waals surface area contributed by atoms with Gasteiger partial charge >= 0.3 is 0 Å². The minimum absolute atomic E-state index is 0.0261. The zero-order valence-corrected chi connectivity index (χ0v) is 8.30. The smallest absolute Gasteiger partial charge is 0.274 e. The number of nitrogens with one attached hydrogen (secondary N) is 1. The molecule has 0 fully saturated rings. The summed E-state index contributed by atoms with van der Waals surface area (Å²) < 4.78 is 23.1. The Balaban J connectivity index is 4.37. The van der Waals surface area contributed by atoms with Gasteiger partial charge in [0.15, 0.2) is 0 Å². The van der Waals surface area contributed by atoms with Crippen LogP contribution >= 0.6 is 0 Å². The summed E-state index contributed by atoms with van der Waals surface area (Å²) in [6, 6.07) is 0. The lowest BCUT2D eigenvalue weighted by Gasteiger charge is -2.22. The first-order valence-corrected chi connectivity index (χ1v) is 4.99. The van der Waals surface area contributed by atoms with Gasteiger partial charge in [0.2, 0.25) is 0 Å². The van der Waals surface area contributed by atoms with Crippen molar-refractivity contribution in [3.63, 3.8) is 0 Å². The molecule has 0 aromatic carbocycles. The molecule has 0 saturated heterocycles. The second-order valence-corrected chi connectivity index (χ2v) is 4.61. The van der Waals surface area contributed by atoms with Crippen LogP contribution in [-0.2, 0) is 10.2 Å². The van der Waals surface area contributed by atoms with Crippen LogP contribution in [0.2, 0.25) is 0 Å².